The van der Waals surface area contributed by atoms with E-state index in [0.717, 1.165) is 5.69 Å². The van der Waals surface area contributed by atoms with Crippen molar-refractivity contribution in [1.82, 2.24) is 14.0 Å². The van der Waals surface area contributed by atoms with Gasteiger partial charge in [0, 0.05) is 31.3 Å². The molecule has 0 aromatic carbocycles. The van der Waals surface area contributed by atoms with E-state index in [2.05, 4.69) is 18.8 Å². The molecular formula is C10H13N3O. The van der Waals surface area contributed by atoms with E-state index in [1.807, 2.05) is 10.6 Å². The predicted octanol–water partition coefficient (Wildman–Crippen LogP) is 1.16. The molecule has 2 heterocycles. The van der Waals surface area contributed by atoms with Crippen LogP contribution in [0.4, 0.5) is 0 Å². The van der Waals surface area contributed by atoms with E-state index < -0.39 is 0 Å². The second-order valence-electron chi connectivity index (χ2n) is 3.75. The summed E-state index contributed by atoms with van der Waals surface area (Å²) in [5, 5.41) is 0. The Bertz CT molecular complexity index is 522. The molecule has 2 aromatic rings. The molecule has 0 atom stereocenters. The Morgan fingerprint density at radius 1 is 1.36 bits per heavy atom. The van der Waals surface area contributed by atoms with Crippen molar-refractivity contribution in [3.8, 4) is 0 Å². The van der Waals surface area contributed by atoms with Gasteiger partial charge in [-0.05, 0) is 5.92 Å². The summed E-state index contributed by atoms with van der Waals surface area (Å²) in [7, 11) is 1.73. The third kappa shape index (κ3) is 1.14. The molecule has 0 aliphatic heterocycles. The molecule has 0 spiro atoms. The zero-order chi connectivity index (χ0) is 10.3. The molecule has 0 fully saturated rings. The van der Waals surface area contributed by atoms with E-state index in [1.165, 1.54) is 4.57 Å². The number of aryl methyl sites for hydroxylation is 1. The minimum atomic E-state index is -0.0561. The van der Waals surface area contributed by atoms with Gasteiger partial charge in [-0.1, -0.05) is 13.8 Å². The number of imidazole rings is 1. The number of aromatic nitrogens is 3. The first-order valence-electron chi connectivity index (χ1n) is 4.64. The smallest absolute Gasteiger partial charge is 0.293 e. The van der Waals surface area contributed by atoms with E-state index in [1.54, 1.807) is 19.4 Å². The van der Waals surface area contributed by atoms with Crippen LogP contribution in [0.25, 0.3) is 5.65 Å². The van der Waals surface area contributed by atoms with Crippen LogP contribution >= 0.6 is 0 Å². The molecule has 4 nitrogen and oxygen atoms in total. The van der Waals surface area contributed by atoms with Crippen molar-refractivity contribution in [2.45, 2.75) is 19.8 Å². The van der Waals surface area contributed by atoms with Gasteiger partial charge in [0.05, 0.1) is 0 Å². The Hall–Kier alpha value is -1.58. The Labute approximate surface area is 81.8 Å². The fourth-order valence-corrected chi connectivity index (χ4v) is 1.51. The number of hydrogen-bond donors (Lipinski definition) is 0. The quantitative estimate of drug-likeness (QED) is 0.678. The van der Waals surface area contributed by atoms with Gasteiger partial charge in [0.15, 0.2) is 0 Å². The van der Waals surface area contributed by atoms with Crippen molar-refractivity contribution in [2.24, 2.45) is 7.05 Å². The summed E-state index contributed by atoms with van der Waals surface area (Å²) in [5.41, 5.74) is 1.51. The minimum Gasteiger partial charge on any atom is -0.314 e. The molecule has 0 unspecified atom stereocenters. The highest BCUT2D eigenvalue weighted by Gasteiger charge is 2.09. The zero-order valence-electron chi connectivity index (χ0n) is 8.56. The molecule has 0 saturated carbocycles. The minimum absolute atomic E-state index is 0.0561. The Balaban J connectivity index is 2.84. The number of rotatable bonds is 1. The first kappa shape index (κ1) is 8.99. The third-order valence-electron chi connectivity index (χ3n) is 2.37. The van der Waals surface area contributed by atoms with Crippen LogP contribution in [-0.4, -0.2) is 14.0 Å². The van der Waals surface area contributed by atoms with Crippen molar-refractivity contribution in [2.75, 3.05) is 0 Å². The highest BCUT2D eigenvalue weighted by atomic mass is 16.1. The van der Waals surface area contributed by atoms with E-state index in [0.29, 0.717) is 11.6 Å². The summed E-state index contributed by atoms with van der Waals surface area (Å²) in [4.78, 5) is 15.8. The zero-order valence-corrected chi connectivity index (χ0v) is 8.56. The van der Waals surface area contributed by atoms with Gasteiger partial charge in [-0.2, -0.15) is 0 Å². The monoisotopic (exact) mass is 191 g/mol. The van der Waals surface area contributed by atoms with Crippen LogP contribution < -0.4 is 5.56 Å². The number of hydrogen-bond acceptors (Lipinski definition) is 2. The fourth-order valence-electron chi connectivity index (χ4n) is 1.51. The molecule has 0 bridgehead atoms. The van der Waals surface area contributed by atoms with Crippen LogP contribution in [0.15, 0.2) is 23.4 Å². The lowest BCUT2D eigenvalue weighted by molar-refractivity contribution is 0.786. The lowest BCUT2D eigenvalue weighted by atomic mass is 10.1. The molecule has 14 heavy (non-hydrogen) atoms. The van der Waals surface area contributed by atoms with Crippen molar-refractivity contribution in [3.05, 3.63) is 34.6 Å². The maximum atomic E-state index is 11.6. The molecule has 0 aliphatic carbocycles. The molecule has 0 radical (unpaired) electrons. The van der Waals surface area contributed by atoms with Crippen molar-refractivity contribution in [1.29, 1.82) is 0 Å². The molecule has 0 amide bonds. The van der Waals surface area contributed by atoms with E-state index in [9.17, 15) is 4.79 Å². The van der Waals surface area contributed by atoms with Crippen LogP contribution in [0.5, 0.6) is 0 Å². The fraction of sp³-hybridized carbons (Fsp3) is 0.400. The molecule has 0 aliphatic rings. The summed E-state index contributed by atoms with van der Waals surface area (Å²) in [6.45, 7) is 4.17. The van der Waals surface area contributed by atoms with E-state index in [4.69, 9.17) is 0 Å². The van der Waals surface area contributed by atoms with E-state index in [-0.39, 0.29) is 5.56 Å². The Morgan fingerprint density at radius 2 is 2.07 bits per heavy atom. The van der Waals surface area contributed by atoms with Crippen molar-refractivity contribution < 1.29 is 0 Å². The average molecular weight is 191 g/mol. The summed E-state index contributed by atoms with van der Waals surface area (Å²) in [6, 6.07) is 0. The molecule has 2 aromatic heterocycles. The number of nitrogens with zero attached hydrogens (tertiary/aromatic N) is 3. The summed E-state index contributed by atoms with van der Waals surface area (Å²) < 4.78 is 3.39. The highest BCUT2D eigenvalue weighted by Crippen LogP contribution is 2.13. The molecular weight excluding hydrogens is 178 g/mol. The molecule has 0 N–H and O–H groups in total. The van der Waals surface area contributed by atoms with Gasteiger partial charge in [0.1, 0.15) is 0 Å². The van der Waals surface area contributed by atoms with Crippen LogP contribution in [0.1, 0.15) is 25.5 Å². The van der Waals surface area contributed by atoms with Gasteiger partial charge in [-0.25, -0.2) is 4.98 Å². The van der Waals surface area contributed by atoms with Crippen LogP contribution in [0.2, 0.25) is 0 Å². The summed E-state index contributed by atoms with van der Waals surface area (Å²) in [6.07, 6.45) is 5.39. The molecule has 2 rings (SSSR count). The average Bonchev–Trinajstić information content (AvgIpc) is 2.55. The van der Waals surface area contributed by atoms with Gasteiger partial charge in [0.25, 0.3) is 5.56 Å². The van der Waals surface area contributed by atoms with Gasteiger partial charge in [-0.3, -0.25) is 9.20 Å². The lowest BCUT2D eigenvalue weighted by Crippen LogP contribution is -2.18. The van der Waals surface area contributed by atoms with Crippen molar-refractivity contribution >= 4 is 5.65 Å². The molecule has 4 heteroatoms. The first-order valence-corrected chi connectivity index (χ1v) is 4.64. The topological polar surface area (TPSA) is 39.3 Å². The van der Waals surface area contributed by atoms with Gasteiger partial charge < -0.3 is 4.57 Å². The molecule has 74 valence electrons. The maximum absolute atomic E-state index is 11.6. The van der Waals surface area contributed by atoms with E-state index >= 15 is 0 Å². The highest BCUT2D eigenvalue weighted by molar-refractivity contribution is 5.38. The second-order valence-corrected chi connectivity index (χ2v) is 3.75. The summed E-state index contributed by atoms with van der Waals surface area (Å²) >= 11 is 0. The second kappa shape index (κ2) is 2.97. The van der Waals surface area contributed by atoms with Gasteiger partial charge in [0.2, 0.25) is 5.65 Å². The normalized spacial score (nSPS) is 11.4. The van der Waals surface area contributed by atoms with Gasteiger partial charge in [-0.15, -0.1) is 0 Å². The largest absolute Gasteiger partial charge is 0.314 e. The SMILES string of the molecule is CC(C)c1cnc2c(=O)n(C)ccn12. The third-order valence-corrected chi connectivity index (χ3v) is 2.37. The Kier molecular flexibility index (Phi) is 1.91. The first-order chi connectivity index (χ1) is 6.61. The van der Waals surface area contributed by atoms with Gasteiger partial charge >= 0.3 is 0 Å². The van der Waals surface area contributed by atoms with Crippen LogP contribution in [0, 0.1) is 0 Å². The van der Waals surface area contributed by atoms with Crippen LogP contribution in [-0.2, 0) is 7.05 Å². The predicted molar refractivity (Wildman–Crippen MR) is 54.5 cm³/mol. The maximum Gasteiger partial charge on any atom is 0.293 e. The van der Waals surface area contributed by atoms with Crippen molar-refractivity contribution in [3.63, 3.8) is 0 Å². The molecule has 0 saturated heterocycles. The lowest BCUT2D eigenvalue weighted by Gasteiger charge is -2.04. The van der Waals surface area contributed by atoms with Crippen LogP contribution in [0.3, 0.4) is 0 Å². The number of fused-ring (bicyclic) bond motifs is 1. The summed E-state index contributed by atoms with van der Waals surface area (Å²) in [5.74, 6) is 0.372. The Morgan fingerprint density at radius 3 is 2.71 bits per heavy atom. The standard InChI is InChI=1S/C10H13N3O/c1-7(2)8-6-11-9-10(14)12(3)4-5-13(8)9/h4-7H,1-3H3.